The molecule has 1 aromatic carbocycles. The Balaban J connectivity index is 2.11. The monoisotopic (exact) mass is 235 g/mol. The summed E-state index contributed by atoms with van der Waals surface area (Å²) in [6.07, 6.45) is 7.57. The number of rotatable bonds is 2. The molecule has 1 aromatic rings. The molecule has 94 valence electrons. The molecular weight excluding hydrogens is 213 g/mol. The lowest BCUT2D eigenvalue weighted by molar-refractivity contribution is 0.381. The third-order valence-electron chi connectivity index (χ3n) is 3.99. The van der Waals surface area contributed by atoms with Crippen molar-refractivity contribution in [2.75, 3.05) is 0 Å². The molecule has 1 aliphatic rings. The van der Waals surface area contributed by atoms with Gasteiger partial charge in [0.2, 0.25) is 0 Å². The zero-order valence-corrected chi connectivity index (χ0v) is 10.6. The highest BCUT2D eigenvalue weighted by Gasteiger charge is 2.21. The number of hydrogen-bond acceptors (Lipinski definition) is 1. The van der Waals surface area contributed by atoms with Gasteiger partial charge in [-0.1, -0.05) is 37.8 Å². The van der Waals surface area contributed by atoms with Gasteiger partial charge in [0, 0.05) is 6.04 Å². The first kappa shape index (κ1) is 12.6. The molecule has 0 amide bonds. The van der Waals surface area contributed by atoms with Gasteiger partial charge >= 0.3 is 0 Å². The Kier molecular flexibility index (Phi) is 4.16. The van der Waals surface area contributed by atoms with E-state index in [1.807, 2.05) is 12.1 Å². The maximum Gasteiger partial charge on any atom is 0.126 e. The molecule has 2 rings (SSSR count). The van der Waals surface area contributed by atoms with Crippen LogP contribution in [0.4, 0.5) is 4.39 Å². The van der Waals surface area contributed by atoms with E-state index < -0.39 is 0 Å². The largest absolute Gasteiger partial charge is 0.324 e. The Bertz CT molecular complexity index is 367. The number of benzene rings is 1. The minimum Gasteiger partial charge on any atom is -0.324 e. The van der Waals surface area contributed by atoms with Crippen LogP contribution in [-0.4, -0.2) is 0 Å². The molecule has 1 fully saturated rings. The fourth-order valence-corrected chi connectivity index (χ4v) is 2.76. The summed E-state index contributed by atoms with van der Waals surface area (Å²) in [7, 11) is 0. The number of hydrogen-bond donors (Lipinski definition) is 1. The van der Waals surface area contributed by atoms with Crippen LogP contribution < -0.4 is 5.73 Å². The number of nitrogens with two attached hydrogens (primary N) is 1. The second-order valence-corrected chi connectivity index (χ2v) is 5.29. The van der Waals surface area contributed by atoms with Crippen LogP contribution in [0.15, 0.2) is 18.2 Å². The minimum atomic E-state index is -0.133. The van der Waals surface area contributed by atoms with Crippen LogP contribution >= 0.6 is 0 Å². The average molecular weight is 235 g/mol. The lowest BCUT2D eigenvalue weighted by Gasteiger charge is -2.23. The maximum absolute atomic E-state index is 13.5. The first-order chi connectivity index (χ1) is 8.18. The Morgan fingerprint density at radius 2 is 1.82 bits per heavy atom. The Labute approximate surface area is 103 Å². The van der Waals surface area contributed by atoms with E-state index in [1.54, 1.807) is 13.0 Å². The SMILES string of the molecule is Cc1ccc(C(N)C2CCCCCC2)cc1F. The molecule has 1 nitrogen and oxygen atoms in total. The lowest BCUT2D eigenvalue weighted by atomic mass is 9.87. The van der Waals surface area contributed by atoms with Gasteiger partial charge in [0.05, 0.1) is 0 Å². The molecule has 0 aliphatic heterocycles. The Morgan fingerprint density at radius 3 is 2.41 bits per heavy atom. The van der Waals surface area contributed by atoms with Crippen molar-refractivity contribution in [2.45, 2.75) is 51.5 Å². The van der Waals surface area contributed by atoms with Crippen molar-refractivity contribution in [2.24, 2.45) is 11.7 Å². The highest BCUT2D eigenvalue weighted by atomic mass is 19.1. The summed E-state index contributed by atoms with van der Waals surface area (Å²) >= 11 is 0. The molecule has 17 heavy (non-hydrogen) atoms. The molecule has 1 unspecified atom stereocenters. The molecule has 1 aliphatic carbocycles. The van der Waals surface area contributed by atoms with Crippen molar-refractivity contribution in [3.63, 3.8) is 0 Å². The molecule has 1 saturated carbocycles. The molecule has 2 heteroatoms. The van der Waals surface area contributed by atoms with E-state index in [2.05, 4.69) is 0 Å². The van der Waals surface area contributed by atoms with Gasteiger partial charge in [-0.2, -0.15) is 0 Å². The molecule has 0 aromatic heterocycles. The van der Waals surface area contributed by atoms with Gasteiger partial charge in [-0.25, -0.2) is 4.39 Å². The van der Waals surface area contributed by atoms with Gasteiger partial charge in [0.1, 0.15) is 5.82 Å². The van der Waals surface area contributed by atoms with Crippen LogP contribution in [0, 0.1) is 18.7 Å². The Morgan fingerprint density at radius 1 is 1.18 bits per heavy atom. The van der Waals surface area contributed by atoms with Crippen molar-refractivity contribution in [1.82, 2.24) is 0 Å². The second kappa shape index (κ2) is 5.63. The van der Waals surface area contributed by atoms with Crippen molar-refractivity contribution in [3.05, 3.63) is 35.1 Å². The van der Waals surface area contributed by atoms with E-state index in [4.69, 9.17) is 5.73 Å². The quantitative estimate of drug-likeness (QED) is 0.767. The highest BCUT2D eigenvalue weighted by Crippen LogP contribution is 2.32. The number of aryl methyl sites for hydroxylation is 1. The van der Waals surface area contributed by atoms with Crippen molar-refractivity contribution < 1.29 is 4.39 Å². The topological polar surface area (TPSA) is 26.0 Å². The van der Waals surface area contributed by atoms with Crippen molar-refractivity contribution >= 4 is 0 Å². The van der Waals surface area contributed by atoms with E-state index in [1.165, 1.54) is 38.5 Å². The van der Waals surface area contributed by atoms with Gasteiger partial charge < -0.3 is 5.73 Å². The van der Waals surface area contributed by atoms with E-state index in [0.717, 1.165) is 5.56 Å². The summed E-state index contributed by atoms with van der Waals surface area (Å²) in [5.41, 5.74) is 7.95. The average Bonchev–Trinajstić information content (AvgIpc) is 2.60. The summed E-state index contributed by atoms with van der Waals surface area (Å²) in [5, 5.41) is 0. The summed E-state index contributed by atoms with van der Waals surface area (Å²) in [6.45, 7) is 1.79. The predicted octanol–water partition coefficient (Wildman–Crippen LogP) is 4.10. The molecule has 0 saturated heterocycles. The number of halogens is 1. The molecule has 1 atom stereocenters. The molecule has 0 radical (unpaired) electrons. The first-order valence-corrected chi connectivity index (χ1v) is 6.70. The summed E-state index contributed by atoms with van der Waals surface area (Å²) in [5.74, 6) is 0.395. The van der Waals surface area contributed by atoms with Gasteiger partial charge in [-0.3, -0.25) is 0 Å². The van der Waals surface area contributed by atoms with Crippen LogP contribution in [0.3, 0.4) is 0 Å². The van der Waals surface area contributed by atoms with Crippen molar-refractivity contribution in [1.29, 1.82) is 0 Å². The van der Waals surface area contributed by atoms with E-state index in [0.29, 0.717) is 11.5 Å². The van der Waals surface area contributed by atoms with Crippen molar-refractivity contribution in [3.8, 4) is 0 Å². The van der Waals surface area contributed by atoms with Crippen LogP contribution in [0.1, 0.15) is 55.7 Å². The minimum absolute atomic E-state index is 0.00296. The van der Waals surface area contributed by atoms with E-state index in [-0.39, 0.29) is 11.9 Å². The van der Waals surface area contributed by atoms with Gasteiger partial charge in [-0.15, -0.1) is 0 Å². The van der Waals surface area contributed by atoms with E-state index in [9.17, 15) is 4.39 Å². The standard InChI is InChI=1S/C15H22FN/c1-11-8-9-13(10-14(11)16)15(17)12-6-4-2-3-5-7-12/h8-10,12,15H,2-7,17H2,1H3. The van der Waals surface area contributed by atoms with Crippen LogP contribution in [0.2, 0.25) is 0 Å². The zero-order chi connectivity index (χ0) is 12.3. The highest BCUT2D eigenvalue weighted by molar-refractivity contribution is 5.26. The van der Waals surface area contributed by atoms with Crippen LogP contribution in [-0.2, 0) is 0 Å². The molecule has 0 bridgehead atoms. The fraction of sp³-hybridized carbons (Fsp3) is 0.600. The van der Waals surface area contributed by atoms with Gasteiger partial charge in [0.25, 0.3) is 0 Å². The normalized spacial score (nSPS) is 19.9. The summed E-state index contributed by atoms with van der Waals surface area (Å²) in [4.78, 5) is 0. The maximum atomic E-state index is 13.5. The first-order valence-electron chi connectivity index (χ1n) is 6.70. The lowest BCUT2D eigenvalue weighted by Crippen LogP contribution is -2.21. The molecule has 2 N–H and O–H groups in total. The summed E-state index contributed by atoms with van der Waals surface area (Å²) < 4.78 is 13.5. The zero-order valence-electron chi connectivity index (χ0n) is 10.6. The third kappa shape index (κ3) is 3.06. The van der Waals surface area contributed by atoms with Gasteiger partial charge in [0.15, 0.2) is 0 Å². The fourth-order valence-electron chi connectivity index (χ4n) is 2.76. The van der Waals surface area contributed by atoms with Gasteiger partial charge in [-0.05, 0) is 42.9 Å². The second-order valence-electron chi connectivity index (χ2n) is 5.29. The molecular formula is C15H22FN. The molecule has 0 spiro atoms. The third-order valence-corrected chi connectivity index (χ3v) is 3.99. The molecule has 0 heterocycles. The smallest absolute Gasteiger partial charge is 0.126 e. The van der Waals surface area contributed by atoms with Crippen LogP contribution in [0.25, 0.3) is 0 Å². The predicted molar refractivity (Wildman–Crippen MR) is 69.3 cm³/mol. The van der Waals surface area contributed by atoms with Crippen LogP contribution in [0.5, 0.6) is 0 Å². The Hall–Kier alpha value is -0.890. The summed E-state index contributed by atoms with van der Waals surface area (Å²) in [6, 6.07) is 5.43. The van der Waals surface area contributed by atoms with E-state index >= 15 is 0 Å².